The van der Waals surface area contributed by atoms with Gasteiger partial charge >= 0.3 is 0 Å². The lowest BCUT2D eigenvalue weighted by Gasteiger charge is -2.03. The molecule has 0 fully saturated rings. The van der Waals surface area contributed by atoms with E-state index >= 15 is 0 Å². The zero-order chi connectivity index (χ0) is 17.8. The predicted molar refractivity (Wildman–Crippen MR) is 101 cm³/mol. The number of nitrogens with one attached hydrogen (secondary N) is 1. The topological polar surface area (TPSA) is 59.2 Å². The van der Waals surface area contributed by atoms with Crippen molar-refractivity contribution in [1.82, 2.24) is 4.98 Å². The van der Waals surface area contributed by atoms with E-state index in [1.807, 2.05) is 37.3 Å². The Bertz CT molecular complexity index is 1090. The third-order valence-electron chi connectivity index (χ3n) is 3.79. The van der Waals surface area contributed by atoms with Gasteiger partial charge < -0.3 is 9.72 Å². The number of benzene rings is 2. The summed E-state index contributed by atoms with van der Waals surface area (Å²) in [6.45, 7) is 1.99. The van der Waals surface area contributed by atoms with Gasteiger partial charge in [-0.25, -0.2) is 0 Å². The second-order valence-electron chi connectivity index (χ2n) is 5.49. The monoisotopic (exact) mass is 351 g/mol. The van der Waals surface area contributed by atoms with Crippen LogP contribution in [0.3, 0.4) is 0 Å². The van der Waals surface area contributed by atoms with Gasteiger partial charge in [-0.05, 0) is 36.3 Å². The number of hydrogen-bond acceptors (Lipinski definition) is 4. The summed E-state index contributed by atoms with van der Waals surface area (Å²) in [5.41, 5.74) is 2.33. The van der Waals surface area contributed by atoms with Crippen LogP contribution in [0.5, 0.6) is 5.75 Å². The molecule has 2 aromatic carbocycles. The van der Waals surface area contributed by atoms with Crippen molar-refractivity contribution in [3.05, 3.63) is 84.8 Å². The number of ketones is 1. The predicted octanol–water partition coefficient (Wildman–Crippen LogP) is 2.25. The van der Waals surface area contributed by atoms with Crippen LogP contribution in [0.2, 0.25) is 0 Å². The largest absolute Gasteiger partial charge is 0.496 e. The van der Waals surface area contributed by atoms with Crippen LogP contribution in [0.4, 0.5) is 0 Å². The first kappa shape index (κ1) is 16.9. The van der Waals surface area contributed by atoms with Gasteiger partial charge in [-0.2, -0.15) is 0 Å². The molecule has 0 spiro atoms. The molecule has 3 aromatic rings. The third-order valence-corrected chi connectivity index (χ3v) is 4.75. The SMILES string of the molecule is COc1ccccc1C(=O)/C=c1\[nH]c(=O)/c(=C\c2ccccc2C)s1. The zero-order valence-corrected chi connectivity index (χ0v) is 14.7. The second-order valence-corrected chi connectivity index (χ2v) is 6.58. The van der Waals surface area contributed by atoms with Crippen LogP contribution in [0.1, 0.15) is 21.5 Å². The first-order valence-electron chi connectivity index (χ1n) is 7.74. The summed E-state index contributed by atoms with van der Waals surface area (Å²) in [5, 5.41) is 0. The van der Waals surface area contributed by atoms with Crippen LogP contribution in [-0.4, -0.2) is 17.9 Å². The fraction of sp³-hybridized carbons (Fsp3) is 0.100. The van der Waals surface area contributed by atoms with Gasteiger partial charge in [0, 0.05) is 6.08 Å². The first-order chi connectivity index (χ1) is 12.1. The van der Waals surface area contributed by atoms with Gasteiger partial charge in [0.25, 0.3) is 5.56 Å². The molecule has 3 rings (SSSR count). The van der Waals surface area contributed by atoms with E-state index in [4.69, 9.17) is 4.74 Å². The highest BCUT2D eigenvalue weighted by atomic mass is 32.1. The zero-order valence-electron chi connectivity index (χ0n) is 13.9. The minimum absolute atomic E-state index is 0.202. The number of aryl methyl sites for hydroxylation is 1. The maximum Gasteiger partial charge on any atom is 0.266 e. The summed E-state index contributed by atoms with van der Waals surface area (Å²) >= 11 is 1.26. The maximum absolute atomic E-state index is 12.5. The highest BCUT2D eigenvalue weighted by molar-refractivity contribution is 7.07. The number of aromatic amines is 1. The molecule has 0 saturated heterocycles. The van der Waals surface area contributed by atoms with Gasteiger partial charge in [-0.1, -0.05) is 36.4 Å². The molecule has 5 heteroatoms. The van der Waals surface area contributed by atoms with Crippen molar-refractivity contribution in [3.63, 3.8) is 0 Å². The van der Waals surface area contributed by atoms with Crippen LogP contribution in [0.15, 0.2) is 53.3 Å². The summed E-state index contributed by atoms with van der Waals surface area (Å²) in [6.07, 6.45) is 3.27. The molecule has 0 aliphatic rings. The van der Waals surface area contributed by atoms with E-state index in [1.54, 1.807) is 24.3 Å². The Morgan fingerprint density at radius 1 is 1.12 bits per heavy atom. The van der Waals surface area contributed by atoms with Crippen molar-refractivity contribution in [2.45, 2.75) is 6.92 Å². The number of Topliss-reactive ketones (excluding diaryl/α,β-unsaturated/α-hetero) is 1. The molecule has 25 heavy (non-hydrogen) atoms. The molecule has 1 heterocycles. The average molecular weight is 351 g/mol. The Labute approximate surface area is 148 Å². The Kier molecular flexibility index (Phi) is 4.95. The smallest absolute Gasteiger partial charge is 0.266 e. The van der Waals surface area contributed by atoms with Gasteiger partial charge in [-0.15, -0.1) is 11.3 Å². The van der Waals surface area contributed by atoms with Crippen LogP contribution < -0.4 is 19.5 Å². The molecule has 0 bridgehead atoms. The molecule has 4 nitrogen and oxygen atoms in total. The van der Waals surface area contributed by atoms with Gasteiger partial charge in [0.05, 0.1) is 21.9 Å². The van der Waals surface area contributed by atoms with E-state index < -0.39 is 0 Å². The van der Waals surface area contributed by atoms with Crippen molar-refractivity contribution in [3.8, 4) is 5.75 Å². The number of methoxy groups -OCH3 is 1. The minimum atomic E-state index is -0.211. The molecule has 0 unspecified atom stereocenters. The second kappa shape index (κ2) is 7.32. The van der Waals surface area contributed by atoms with E-state index in [-0.39, 0.29) is 11.3 Å². The average Bonchev–Trinajstić information content (AvgIpc) is 2.96. The Balaban J connectivity index is 2.03. The van der Waals surface area contributed by atoms with E-state index in [1.165, 1.54) is 24.5 Å². The number of rotatable bonds is 4. The lowest BCUT2D eigenvalue weighted by molar-refractivity contribution is 0.105. The number of carbonyl (C=O) groups excluding carboxylic acids is 1. The number of thiazole rings is 1. The fourth-order valence-electron chi connectivity index (χ4n) is 2.46. The summed E-state index contributed by atoms with van der Waals surface area (Å²) in [7, 11) is 1.52. The van der Waals surface area contributed by atoms with Crippen LogP contribution in [0.25, 0.3) is 12.2 Å². The maximum atomic E-state index is 12.5. The van der Waals surface area contributed by atoms with Crippen molar-refractivity contribution in [2.24, 2.45) is 0 Å². The molecule has 0 aliphatic carbocycles. The summed E-state index contributed by atoms with van der Waals surface area (Å²) in [5.74, 6) is 0.298. The van der Waals surface area contributed by atoms with Crippen molar-refractivity contribution < 1.29 is 9.53 Å². The minimum Gasteiger partial charge on any atom is -0.496 e. The molecular weight excluding hydrogens is 334 g/mol. The summed E-state index contributed by atoms with van der Waals surface area (Å²) in [6, 6.07) is 14.8. The lowest BCUT2D eigenvalue weighted by atomic mass is 10.1. The van der Waals surface area contributed by atoms with Crippen LogP contribution in [0, 0.1) is 6.92 Å². The van der Waals surface area contributed by atoms with E-state index in [9.17, 15) is 9.59 Å². The van der Waals surface area contributed by atoms with Crippen molar-refractivity contribution in [2.75, 3.05) is 7.11 Å². The Morgan fingerprint density at radius 2 is 1.84 bits per heavy atom. The molecule has 0 saturated carbocycles. The Hall–Kier alpha value is -2.92. The molecule has 1 N–H and O–H groups in total. The molecule has 0 radical (unpaired) electrons. The van der Waals surface area contributed by atoms with Gasteiger partial charge in [0.15, 0.2) is 5.78 Å². The quantitative estimate of drug-likeness (QED) is 0.734. The number of para-hydroxylation sites is 1. The summed E-state index contributed by atoms with van der Waals surface area (Å²) in [4.78, 5) is 27.4. The molecule has 0 atom stereocenters. The highest BCUT2D eigenvalue weighted by Crippen LogP contribution is 2.18. The molecular formula is C20H17NO3S. The number of hydrogen-bond donors (Lipinski definition) is 1. The van der Waals surface area contributed by atoms with Crippen molar-refractivity contribution >= 4 is 29.3 Å². The standard InChI is InChI=1S/C20H17NO3S/c1-13-7-3-4-8-14(13)11-18-20(23)21-19(25-18)12-16(22)15-9-5-6-10-17(15)24-2/h3-12H,1-2H3,(H,21,23)/b18-11+,19-12+. The van der Waals surface area contributed by atoms with E-state index in [0.29, 0.717) is 20.5 Å². The fourth-order valence-corrected chi connectivity index (χ4v) is 3.34. The van der Waals surface area contributed by atoms with E-state index in [2.05, 4.69) is 4.98 Å². The molecule has 1 aromatic heterocycles. The van der Waals surface area contributed by atoms with Gasteiger partial charge in [0.2, 0.25) is 0 Å². The summed E-state index contributed by atoms with van der Waals surface area (Å²) < 4.78 is 6.29. The third kappa shape index (κ3) is 3.78. The molecule has 0 amide bonds. The first-order valence-corrected chi connectivity index (χ1v) is 8.55. The van der Waals surface area contributed by atoms with Crippen molar-refractivity contribution in [1.29, 1.82) is 0 Å². The van der Waals surface area contributed by atoms with Gasteiger partial charge in [0.1, 0.15) is 5.75 Å². The normalized spacial score (nSPS) is 12.4. The highest BCUT2D eigenvalue weighted by Gasteiger charge is 2.09. The van der Waals surface area contributed by atoms with E-state index in [0.717, 1.165) is 11.1 Å². The lowest BCUT2D eigenvalue weighted by Crippen LogP contribution is -2.20. The number of carbonyl (C=O) groups is 1. The van der Waals surface area contributed by atoms with Crippen LogP contribution in [-0.2, 0) is 0 Å². The van der Waals surface area contributed by atoms with Crippen LogP contribution >= 0.6 is 11.3 Å². The number of aromatic nitrogens is 1. The number of ether oxygens (including phenoxy) is 1. The molecule has 0 aliphatic heterocycles. The number of H-pyrrole nitrogens is 1. The Morgan fingerprint density at radius 3 is 2.60 bits per heavy atom. The van der Waals surface area contributed by atoms with Gasteiger partial charge in [-0.3, -0.25) is 9.59 Å². The molecule has 126 valence electrons.